The summed E-state index contributed by atoms with van der Waals surface area (Å²) in [5.74, 6) is -1.05. The molecule has 0 radical (unpaired) electrons. The Labute approximate surface area is 169 Å². The Bertz CT molecular complexity index is 758. The highest BCUT2D eigenvalue weighted by Gasteiger charge is 2.35. The number of esters is 2. The van der Waals surface area contributed by atoms with E-state index in [2.05, 4.69) is 30.3 Å². The first-order valence-corrected chi connectivity index (χ1v) is 10.4. The Kier molecular flexibility index (Phi) is 7.23. The molecule has 0 aliphatic carbocycles. The van der Waals surface area contributed by atoms with Crippen molar-refractivity contribution in [3.05, 3.63) is 58.3 Å². The van der Waals surface area contributed by atoms with Crippen molar-refractivity contribution in [2.75, 3.05) is 14.2 Å². The molecule has 1 aliphatic rings. The van der Waals surface area contributed by atoms with Crippen molar-refractivity contribution < 1.29 is 23.8 Å². The Morgan fingerprint density at radius 1 is 1.11 bits per heavy atom. The number of rotatable bonds is 7. The predicted octanol–water partition coefficient (Wildman–Crippen LogP) is 4.49. The molecule has 1 saturated heterocycles. The third-order valence-electron chi connectivity index (χ3n) is 5.26. The van der Waals surface area contributed by atoms with Gasteiger partial charge in [0.05, 0.1) is 38.8 Å². The molecule has 3 rings (SSSR count). The summed E-state index contributed by atoms with van der Waals surface area (Å²) < 4.78 is 16.0. The summed E-state index contributed by atoms with van der Waals surface area (Å²) >= 11 is 1.68. The number of hydrogen-bond acceptors (Lipinski definition) is 6. The number of ether oxygens (including phenoxy) is 3. The molecule has 1 unspecified atom stereocenters. The van der Waals surface area contributed by atoms with Gasteiger partial charge in [-0.1, -0.05) is 36.4 Å². The standard InChI is InChI=1S/C22H26O5S/c1-25-21(23)14-17(22(24)26-2)12-18-11-16(15-7-4-3-5-8-15)13-19(27-18)20-9-6-10-28-20/h3-10,16-19H,11-14H2,1-2H3/t16-,17?,18-,19-/m1/s1. The summed E-state index contributed by atoms with van der Waals surface area (Å²) in [7, 11) is 2.67. The van der Waals surface area contributed by atoms with Crippen LogP contribution in [0.5, 0.6) is 0 Å². The molecule has 6 heteroatoms. The number of thiophene rings is 1. The van der Waals surface area contributed by atoms with E-state index in [4.69, 9.17) is 14.2 Å². The summed E-state index contributed by atoms with van der Waals surface area (Å²) in [6, 6.07) is 14.5. The summed E-state index contributed by atoms with van der Waals surface area (Å²) in [5, 5.41) is 2.05. The van der Waals surface area contributed by atoms with Gasteiger partial charge < -0.3 is 14.2 Å². The van der Waals surface area contributed by atoms with Crippen LogP contribution in [0.2, 0.25) is 0 Å². The fourth-order valence-corrected chi connectivity index (χ4v) is 4.63. The van der Waals surface area contributed by atoms with Gasteiger partial charge in [-0.2, -0.15) is 0 Å². The molecular formula is C22H26O5S. The summed E-state index contributed by atoms with van der Waals surface area (Å²) in [6.45, 7) is 0. The lowest BCUT2D eigenvalue weighted by Crippen LogP contribution is -2.32. The highest BCUT2D eigenvalue weighted by molar-refractivity contribution is 7.10. The normalized spacial score (nSPS) is 23.0. The minimum atomic E-state index is -0.569. The summed E-state index contributed by atoms with van der Waals surface area (Å²) in [6.07, 6.45) is 2.00. The first-order valence-electron chi connectivity index (χ1n) is 9.49. The van der Waals surface area contributed by atoms with Crippen molar-refractivity contribution in [2.45, 2.75) is 43.8 Å². The molecule has 0 amide bonds. The lowest BCUT2D eigenvalue weighted by atomic mass is 9.82. The first kappa shape index (κ1) is 20.6. The van der Waals surface area contributed by atoms with Gasteiger partial charge in [0.15, 0.2) is 0 Å². The van der Waals surface area contributed by atoms with E-state index in [9.17, 15) is 9.59 Å². The minimum Gasteiger partial charge on any atom is -0.469 e. The number of methoxy groups -OCH3 is 2. The average Bonchev–Trinajstić information content (AvgIpc) is 3.28. The predicted molar refractivity (Wildman–Crippen MR) is 107 cm³/mol. The summed E-state index contributed by atoms with van der Waals surface area (Å²) in [5.41, 5.74) is 1.28. The van der Waals surface area contributed by atoms with E-state index in [0.717, 1.165) is 12.8 Å². The topological polar surface area (TPSA) is 61.8 Å². The molecule has 150 valence electrons. The van der Waals surface area contributed by atoms with Gasteiger partial charge in [-0.15, -0.1) is 11.3 Å². The minimum absolute atomic E-state index is 0.00268. The Hall–Kier alpha value is -2.18. The van der Waals surface area contributed by atoms with Crippen molar-refractivity contribution in [1.82, 2.24) is 0 Å². The number of benzene rings is 1. The molecule has 1 aliphatic heterocycles. The van der Waals surface area contributed by atoms with Crippen LogP contribution < -0.4 is 0 Å². The van der Waals surface area contributed by atoms with Crippen LogP contribution in [0.1, 0.15) is 48.1 Å². The van der Waals surface area contributed by atoms with E-state index in [0.29, 0.717) is 12.3 Å². The zero-order valence-electron chi connectivity index (χ0n) is 16.2. The molecule has 0 N–H and O–H groups in total. The summed E-state index contributed by atoms with van der Waals surface area (Å²) in [4.78, 5) is 25.2. The van der Waals surface area contributed by atoms with E-state index >= 15 is 0 Å². The highest BCUT2D eigenvalue weighted by atomic mass is 32.1. The average molecular weight is 403 g/mol. The van der Waals surface area contributed by atoms with E-state index < -0.39 is 17.9 Å². The second-order valence-electron chi connectivity index (χ2n) is 7.08. The zero-order chi connectivity index (χ0) is 19.9. The van der Waals surface area contributed by atoms with E-state index in [1.807, 2.05) is 17.5 Å². The van der Waals surface area contributed by atoms with Crippen molar-refractivity contribution in [3.8, 4) is 0 Å². The lowest BCUT2D eigenvalue weighted by molar-refractivity contribution is -0.154. The monoisotopic (exact) mass is 402 g/mol. The van der Waals surface area contributed by atoms with Crippen molar-refractivity contribution in [2.24, 2.45) is 5.92 Å². The smallest absolute Gasteiger partial charge is 0.309 e. The van der Waals surface area contributed by atoms with Crippen LogP contribution in [-0.4, -0.2) is 32.3 Å². The Morgan fingerprint density at radius 2 is 1.89 bits per heavy atom. The number of hydrogen-bond donors (Lipinski definition) is 0. The van der Waals surface area contributed by atoms with Crippen LogP contribution in [0.3, 0.4) is 0 Å². The van der Waals surface area contributed by atoms with Crippen LogP contribution in [0.25, 0.3) is 0 Å². The van der Waals surface area contributed by atoms with Crippen molar-refractivity contribution in [1.29, 1.82) is 0 Å². The molecule has 0 bridgehead atoms. The number of carbonyl (C=O) groups excluding carboxylic acids is 2. The largest absolute Gasteiger partial charge is 0.469 e. The van der Waals surface area contributed by atoms with Gasteiger partial charge >= 0.3 is 11.9 Å². The third kappa shape index (κ3) is 5.20. The Balaban J connectivity index is 1.79. The molecule has 2 aromatic rings. The third-order valence-corrected chi connectivity index (χ3v) is 6.22. The second kappa shape index (κ2) is 9.85. The maximum absolute atomic E-state index is 12.2. The molecule has 0 spiro atoms. The fourth-order valence-electron chi connectivity index (χ4n) is 3.85. The van der Waals surface area contributed by atoms with Gasteiger partial charge in [0.25, 0.3) is 0 Å². The van der Waals surface area contributed by atoms with Crippen molar-refractivity contribution >= 4 is 23.3 Å². The molecule has 1 aromatic heterocycles. The van der Waals surface area contributed by atoms with Gasteiger partial charge in [0, 0.05) is 4.88 Å². The maximum atomic E-state index is 12.2. The van der Waals surface area contributed by atoms with Gasteiger partial charge in [-0.3, -0.25) is 9.59 Å². The second-order valence-corrected chi connectivity index (χ2v) is 8.06. The quantitative estimate of drug-likeness (QED) is 0.639. The molecule has 2 heterocycles. The van der Waals surface area contributed by atoms with Gasteiger partial charge in [0.2, 0.25) is 0 Å². The van der Waals surface area contributed by atoms with Crippen LogP contribution in [-0.2, 0) is 23.8 Å². The van der Waals surface area contributed by atoms with E-state index in [1.165, 1.54) is 24.7 Å². The van der Waals surface area contributed by atoms with Crippen LogP contribution in [0.15, 0.2) is 47.8 Å². The SMILES string of the molecule is COC(=O)CC(C[C@H]1C[C@@H](c2ccccc2)C[C@H](c2cccs2)O1)C(=O)OC. The maximum Gasteiger partial charge on any atom is 0.309 e. The molecule has 5 nitrogen and oxygen atoms in total. The van der Waals surface area contributed by atoms with Crippen LogP contribution in [0.4, 0.5) is 0 Å². The highest BCUT2D eigenvalue weighted by Crippen LogP contribution is 2.43. The van der Waals surface area contributed by atoms with Gasteiger partial charge in [-0.05, 0) is 42.2 Å². The van der Waals surface area contributed by atoms with Gasteiger partial charge in [0.1, 0.15) is 0 Å². The molecular weight excluding hydrogens is 376 g/mol. The first-order chi connectivity index (χ1) is 13.6. The molecule has 1 aromatic carbocycles. The fraction of sp³-hybridized carbons (Fsp3) is 0.455. The van der Waals surface area contributed by atoms with Crippen LogP contribution in [0, 0.1) is 5.92 Å². The van der Waals surface area contributed by atoms with E-state index in [-0.39, 0.29) is 18.6 Å². The van der Waals surface area contributed by atoms with Crippen LogP contribution >= 0.6 is 11.3 Å². The molecule has 1 fully saturated rings. The molecule has 4 atom stereocenters. The number of carbonyl (C=O) groups is 2. The lowest BCUT2D eigenvalue weighted by Gasteiger charge is -2.36. The zero-order valence-corrected chi connectivity index (χ0v) is 17.0. The molecule has 0 saturated carbocycles. The molecule has 28 heavy (non-hydrogen) atoms. The van der Waals surface area contributed by atoms with Crippen molar-refractivity contribution in [3.63, 3.8) is 0 Å². The van der Waals surface area contributed by atoms with E-state index in [1.54, 1.807) is 11.3 Å². The Morgan fingerprint density at radius 3 is 2.54 bits per heavy atom. The van der Waals surface area contributed by atoms with Gasteiger partial charge in [-0.25, -0.2) is 0 Å².